The summed E-state index contributed by atoms with van der Waals surface area (Å²) in [5.41, 5.74) is 1.44. The molecule has 6 nitrogen and oxygen atoms in total. The Morgan fingerprint density at radius 2 is 1.75 bits per heavy atom. The molecule has 1 N–H and O–H groups in total. The molecule has 1 amide bonds. The number of hydrogen-bond acceptors (Lipinski definition) is 4. The second-order valence-corrected chi connectivity index (χ2v) is 8.27. The Morgan fingerprint density at radius 3 is 2.39 bits per heavy atom. The number of ether oxygens (including phenoxy) is 1. The number of rotatable bonds is 9. The fourth-order valence-corrected chi connectivity index (χ4v) is 4.53. The summed E-state index contributed by atoms with van der Waals surface area (Å²) in [6.45, 7) is 8.61. The van der Waals surface area contributed by atoms with Crippen LogP contribution in [0.3, 0.4) is 0 Å². The molecule has 0 heterocycles. The van der Waals surface area contributed by atoms with E-state index in [1.807, 2.05) is 13.0 Å². The van der Waals surface area contributed by atoms with Gasteiger partial charge in [0.1, 0.15) is 5.75 Å². The van der Waals surface area contributed by atoms with Gasteiger partial charge < -0.3 is 10.1 Å². The van der Waals surface area contributed by atoms with Crippen molar-refractivity contribution in [3.05, 3.63) is 53.6 Å². The topological polar surface area (TPSA) is 75.7 Å². The van der Waals surface area contributed by atoms with Gasteiger partial charge >= 0.3 is 0 Å². The highest BCUT2D eigenvalue weighted by atomic mass is 32.2. The predicted octanol–water partition coefficient (Wildman–Crippen LogP) is 4.07. The molecule has 0 aromatic heterocycles. The molecule has 0 saturated heterocycles. The molecule has 0 aliphatic heterocycles. The number of sulfonamides is 1. The van der Waals surface area contributed by atoms with Crippen molar-refractivity contribution in [2.24, 2.45) is 0 Å². The van der Waals surface area contributed by atoms with Crippen LogP contribution in [-0.4, -0.2) is 38.3 Å². The van der Waals surface area contributed by atoms with E-state index in [-0.39, 0.29) is 16.4 Å². The third kappa shape index (κ3) is 4.91. The smallest absolute Gasteiger partial charge is 0.255 e. The molecule has 0 spiro atoms. The Labute approximate surface area is 167 Å². The number of nitrogens with zero attached hydrogens (tertiary/aromatic N) is 1. The van der Waals surface area contributed by atoms with E-state index in [4.69, 9.17) is 4.74 Å². The van der Waals surface area contributed by atoms with E-state index in [0.717, 1.165) is 6.42 Å². The quantitative estimate of drug-likeness (QED) is 0.684. The fraction of sp³-hybridized carbons (Fsp3) is 0.381. The SMILES string of the molecule is CCCOc1ccccc1NC(=O)c1ccc(C)c(S(=O)(=O)N(CC)CC)c1. The average Bonchev–Trinajstić information content (AvgIpc) is 2.68. The second kappa shape index (κ2) is 9.71. The molecular weight excluding hydrogens is 376 g/mol. The highest BCUT2D eigenvalue weighted by Crippen LogP contribution is 2.26. The number of hydrogen-bond donors (Lipinski definition) is 1. The average molecular weight is 405 g/mol. The maximum absolute atomic E-state index is 12.9. The number of benzene rings is 2. The van der Waals surface area contributed by atoms with Crippen LogP contribution in [0.15, 0.2) is 47.4 Å². The van der Waals surface area contributed by atoms with Gasteiger partial charge in [0.2, 0.25) is 10.0 Å². The first-order chi connectivity index (χ1) is 13.3. The maximum atomic E-state index is 12.9. The molecule has 0 bridgehead atoms. The zero-order valence-corrected chi connectivity index (χ0v) is 17.7. The number of carbonyl (C=O) groups excluding carboxylic acids is 1. The highest BCUT2D eigenvalue weighted by molar-refractivity contribution is 7.89. The number of anilines is 1. The van der Waals surface area contributed by atoms with Crippen LogP contribution in [0.5, 0.6) is 5.75 Å². The van der Waals surface area contributed by atoms with Crippen molar-refractivity contribution >= 4 is 21.6 Å². The van der Waals surface area contributed by atoms with Crippen LogP contribution in [-0.2, 0) is 10.0 Å². The Bertz CT molecular complexity index is 922. The van der Waals surface area contributed by atoms with Crippen LogP contribution in [0, 0.1) is 6.92 Å². The summed E-state index contributed by atoms with van der Waals surface area (Å²) in [6.07, 6.45) is 0.854. The first kappa shape index (κ1) is 21.9. The summed E-state index contributed by atoms with van der Waals surface area (Å²) >= 11 is 0. The van der Waals surface area contributed by atoms with Crippen molar-refractivity contribution in [2.45, 2.75) is 39.0 Å². The second-order valence-electron chi connectivity index (χ2n) is 6.37. The number of amides is 1. The third-order valence-corrected chi connectivity index (χ3v) is 6.56. The van der Waals surface area contributed by atoms with Gasteiger partial charge in [-0.15, -0.1) is 0 Å². The summed E-state index contributed by atoms with van der Waals surface area (Å²) in [4.78, 5) is 12.9. The van der Waals surface area contributed by atoms with E-state index in [1.165, 1.54) is 10.4 Å². The van der Waals surface area contributed by atoms with Gasteiger partial charge in [-0.3, -0.25) is 4.79 Å². The lowest BCUT2D eigenvalue weighted by molar-refractivity contribution is 0.102. The monoisotopic (exact) mass is 404 g/mol. The van der Waals surface area contributed by atoms with Crippen molar-refractivity contribution in [1.29, 1.82) is 0 Å². The minimum Gasteiger partial charge on any atom is -0.491 e. The largest absolute Gasteiger partial charge is 0.491 e. The molecule has 28 heavy (non-hydrogen) atoms. The molecule has 0 atom stereocenters. The molecule has 2 aromatic carbocycles. The zero-order chi connectivity index (χ0) is 20.7. The molecule has 0 fully saturated rings. The molecule has 0 unspecified atom stereocenters. The molecule has 2 aromatic rings. The lowest BCUT2D eigenvalue weighted by Gasteiger charge is -2.20. The van der Waals surface area contributed by atoms with Gasteiger partial charge in [-0.05, 0) is 43.2 Å². The van der Waals surface area contributed by atoms with Gasteiger partial charge in [0.25, 0.3) is 5.91 Å². The van der Waals surface area contributed by atoms with Crippen molar-refractivity contribution < 1.29 is 17.9 Å². The fourth-order valence-electron chi connectivity index (χ4n) is 2.82. The Kier molecular flexibility index (Phi) is 7.60. The first-order valence-electron chi connectivity index (χ1n) is 9.49. The van der Waals surface area contributed by atoms with Gasteiger partial charge in [-0.25, -0.2) is 8.42 Å². The van der Waals surface area contributed by atoms with Crippen LogP contribution in [0.25, 0.3) is 0 Å². The molecule has 0 radical (unpaired) electrons. The molecule has 0 aliphatic rings. The number of para-hydroxylation sites is 2. The highest BCUT2D eigenvalue weighted by Gasteiger charge is 2.24. The summed E-state index contributed by atoms with van der Waals surface area (Å²) in [5.74, 6) is 0.198. The molecule has 0 aliphatic carbocycles. The van der Waals surface area contributed by atoms with Gasteiger partial charge in [-0.2, -0.15) is 4.31 Å². The molecule has 152 valence electrons. The molecule has 0 saturated carbocycles. The summed E-state index contributed by atoms with van der Waals surface area (Å²) in [6, 6.07) is 11.9. The Morgan fingerprint density at radius 1 is 1.07 bits per heavy atom. The van der Waals surface area contributed by atoms with Crippen LogP contribution in [0.1, 0.15) is 43.1 Å². The van der Waals surface area contributed by atoms with Crippen molar-refractivity contribution in [3.8, 4) is 5.75 Å². The van der Waals surface area contributed by atoms with E-state index in [9.17, 15) is 13.2 Å². The minimum atomic E-state index is -3.65. The molecule has 2 rings (SSSR count). The zero-order valence-electron chi connectivity index (χ0n) is 16.9. The van der Waals surface area contributed by atoms with Crippen LogP contribution in [0.2, 0.25) is 0 Å². The van der Waals surface area contributed by atoms with E-state index < -0.39 is 10.0 Å². The standard InChI is InChI=1S/C21H28N2O4S/c1-5-14-27-19-11-9-8-10-18(19)22-21(24)17-13-12-16(4)20(15-17)28(25,26)23(6-2)7-3/h8-13,15H,5-7,14H2,1-4H3,(H,22,24). The summed E-state index contributed by atoms with van der Waals surface area (Å²) in [7, 11) is -3.65. The normalized spacial score (nSPS) is 11.5. The van der Waals surface area contributed by atoms with E-state index in [0.29, 0.717) is 36.7 Å². The third-order valence-electron chi connectivity index (χ3n) is 4.37. The van der Waals surface area contributed by atoms with Crippen LogP contribution in [0.4, 0.5) is 5.69 Å². The van der Waals surface area contributed by atoms with Crippen molar-refractivity contribution in [3.63, 3.8) is 0 Å². The first-order valence-corrected chi connectivity index (χ1v) is 10.9. The summed E-state index contributed by atoms with van der Waals surface area (Å²) in [5, 5.41) is 2.82. The number of aryl methyl sites for hydroxylation is 1. The molecular formula is C21H28N2O4S. The van der Waals surface area contributed by atoms with Crippen molar-refractivity contribution in [2.75, 3.05) is 25.0 Å². The Hall–Kier alpha value is -2.38. The van der Waals surface area contributed by atoms with Crippen LogP contribution >= 0.6 is 0 Å². The number of carbonyl (C=O) groups is 1. The maximum Gasteiger partial charge on any atom is 0.255 e. The van der Waals surface area contributed by atoms with Gasteiger partial charge in [0.05, 0.1) is 17.2 Å². The Balaban J connectivity index is 2.34. The predicted molar refractivity (Wildman–Crippen MR) is 111 cm³/mol. The van der Waals surface area contributed by atoms with Crippen LogP contribution < -0.4 is 10.1 Å². The van der Waals surface area contributed by atoms with E-state index in [1.54, 1.807) is 51.1 Å². The van der Waals surface area contributed by atoms with E-state index >= 15 is 0 Å². The number of nitrogens with one attached hydrogen (secondary N) is 1. The minimum absolute atomic E-state index is 0.152. The van der Waals surface area contributed by atoms with Gasteiger partial charge in [-0.1, -0.05) is 39.0 Å². The van der Waals surface area contributed by atoms with Gasteiger partial charge in [0, 0.05) is 18.7 Å². The van der Waals surface area contributed by atoms with Gasteiger partial charge in [0.15, 0.2) is 0 Å². The van der Waals surface area contributed by atoms with E-state index in [2.05, 4.69) is 5.32 Å². The van der Waals surface area contributed by atoms with Crippen molar-refractivity contribution in [1.82, 2.24) is 4.31 Å². The lowest BCUT2D eigenvalue weighted by Crippen LogP contribution is -2.31. The summed E-state index contributed by atoms with van der Waals surface area (Å²) < 4.78 is 32.8. The lowest BCUT2D eigenvalue weighted by atomic mass is 10.1. The molecule has 7 heteroatoms.